The van der Waals surface area contributed by atoms with Crippen molar-refractivity contribution in [3.05, 3.63) is 24.3 Å². The SMILES string of the molecule is CN1CCCN(C(=O)CNCC2CC2)c2ccccc21.Cl.Cl. The molecule has 1 aromatic rings. The number of carbonyl (C=O) groups excluding carboxylic acids is 1. The highest BCUT2D eigenvalue weighted by Gasteiger charge is 2.24. The summed E-state index contributed by atoms with van der Waals surface area (Å²) in [6, 6.07) is 8.19. The molecule has 4 nitrogen and oxygen atoms in total. The number of rotatable bonds is 4. The fourth-order valence-corrected chi connectivity index (χ4v) is 2.78. The molecular formula is C16H25Cl2N3O. The Labute approximate surface area is 145 Å². The minimum atomic E-state index is 0. The quantitative estimate of drug-likeness (QED) is 0.911. The molecule has 1 aliphatic carbocycles. The van der Waals surface area contributed by atoms with Crippen molar-refractivity contribution in [1.82, 2.24) is 5.32 Å². The summed E-state index contributed by atoms with van der Waals surface area (Å²) in [5.74, 6) is 0.999. The molecule has 124 valence electrons. The third-order valence-electron chi connectivity index (χ3n) is 4.17. The summed E-state index contributed by atoms with van der Waals surface area (Å²) in [6.07, 6.45) is 3.65. The van der Waals surface area contributed by atoms with E-state index in [0.29, 0.717) is 6.54 Å². The number of halogens is 2. The van der Waals surface area contributed by atoms with Crippen LogP contribution >= 0.6 is 24.8 Å². The predicted molar refractivity (Wildman–Crippen MR) is 96.8 cm³/mol. The molecule has 6 heteroatoms. The summed E-state index contributed by atoms with van der Waals surface area (Å²) in [7, 11) is 2.10. The molecule has 0 saturated heterocycles. The number of nitrogens with zero attached hydrogens (tertiary/aromatic N) is 2. The lowest BCUT2D eigenvalue weighted by atomic mass is 10.2. The van der Waals surface area contributed by atoms with Gasteiger partial charge in [-0.1, -0.05) is 12.1 Å². The van der Waals surface area contributed by atoms with Crippen LogP contribution in [0.3, 0.4) is 0 Å². The standard InChI is InChI=1S/C16H23N3O.2ClH/c1-18-9-4-10-19(15-6-3-2-5-14(15)18)16(20)12-17-11-13-7-8-13;;/h2-3,5-6,13,17H,4,7-12H2,1H3;2*1H. The van der Waals surface area contributed by atoms with Crippen molar-refractivity contribution in [2.24, 2.45) is 5.92 Å². The maximum atomic E-state index is 12.5. The highest BCUT2D eigenvalue weighted by Crippen LogP contribution is 2.31. The van der Waals surface area contributed by atoms with E-state index in [9.17, 15) is 4.79 Å². The van der Waals surface area contributed by atoms with Gasteiger partial charge in [-0.05, 0) is 43.9 Å². The normalized spacial score (nSPS) is 17.0. The molecule has 2 aliphatic rings. The molecule has 1 amide bonds. The minimum absolute atomic E-state index is 0. The Morgan fingerprint density at radius 3 is 2.55 bits per heavy atom. The van der Waals surface area contributed by atoms with Gasteiger partial charge in [0.05, 0.1) is 17.9 Å². The average molecular weight is 346 g/mol. The maximum absolute atomic E-state index is 12.5. The van der Waals surface area contributed by atoms with Crippen molar-refractivity contribution in [1.29, 1.82) is 0 Å². The highest BCUT2D eigenvalue weighted by atomic mass is 35.5. The summed E-state index contributed by atoms with van der Waals surface area (Å²) in [5, 5.41) is 3.30. The van der Waals surface area contributed by atoms with Crippen LogP contribution < -0.4 is 15.1 Å². The molecule has 1 N–H and O–H groups in total. The molecule has 1 aromatic carbocycles. The molecule has 3 rings (SSSR count). The molecule has 0 bridgehead atoms. The topological polar surface area (TPSA) is 35.6 Å². The number of para-hydroxylation sites is 2. The third kappa shape index (κ3) is 4.51. The van der Waals surface area contributed by atoms with E-state index >= 15 is 0 Å². The second-order valence-corrected chi connectivity index (χ2v) is 5.88. The number of hydrogen-bond donors (Lipinski definition) is 1. The van der Waals surface area contributed by atoms with Gasteiger partial charge in [-0.25, -0.2) is 0 Å². The van der Waals surface area contributed by atoms with Gasteiger partial charge >= 0.3 is 0 Å². The predicted octanol–water partition coefficient (Wildman–Crippen LogP) is 2.70. The van der Waals surface area contributed by atoms with Crippen LogP contribution in [-0.2, 0) is 4.79 Å². The second kappa shape index (κ2) is 8.61. The van der Waals surface area contributed by atoms with Gasteiger partial charge in [0.15, 0.2) is 0 Å². The first kappa shape index (κ1) is 19.1. The number of anilines is 2. The zero-order chi connectivity index (χ0) is 13.9. The van der Waals surface area contributed by atoms with E-state index in [4.69, 9.17) is 0 Å². The minimum Gasteiger partial charge on any atom is -0.373 e. The fourth-order valence-electron chi connectivity index (χ4n) is 2.78. The molecular weight excluding hydrogens is 321 g/mol. The van der Waals surface area contributed by atoms with Gasteiger partial charge in [0, 0.05) is 20.1 Å². The number of carbonyl (C=O) groups is 1. The van der Waals surface area contributed by atoms with Crippen molar-refractivity contribution in [3.63, 3.8) is 0 Å². The Kier molecular flexibility index (Phi) is 7.46. The first-order valence-corrected chi connectivity index (χ1v) is 7.57. The number of hydrogen-bond acceptors (Lipinski definition) is 3. The zero-order valence-electron chi connectivity index (χ0n) is 13.0. The molecule has 0 radical (unpaired) electrons. The Morgan fingerprint density at radius 1 is 1.18 bits per heavy atom. The van der Waals surface area contributed by atoms with Gasteiger partial charge in [-0.3, -0.25) is 4.79 Å². The average Bonchev–Trinajstić information content (AvgIpc) is 3.27. The molecule has 22 heavy (non-hydrogen) atoms. The Bertz CT molecular complexity index is 494. The lowest BCUT2D eigenvalue weighted by molar-refractivity contribution is -0.117. The van der Waals surface area contributed by atoms with Crippen LogP contribution in [0.1, 0.15) is 19.3 Å². The van der Waals surface area contributed by atoms with E-state index < -0.39 is 0 Å². The second-order valence-electron chi connectivity index (χ2n) is 5.88. The maximum Gasteiger partial charge on any atom is 0.241 e. The van der Waals surface area contributed by atoms with Crippen molar-refractivity contribution in [2.75, 3.05) is 43.0 Å². The smallest absolute Gasteiger partial charge is 0.241 e. The van der Waals surface area contributed by atoms with Crippen LogP contribution in [0.5, 0.6) is 0 Å². The van der Waals surface area contributed by atoms with Crippen LogP contribution in [0.2, 0.25) is 0 Å². The van der Waals surface area contributed by atoms with E-state index in [2.05, 4.69) is 29.4 Å². The van der Waals surface area contributed by atoms with E-state index in [1.54, 1.807) is 0 Å². The lowest BCUT2D eigenvalue weighted by Gasteiger charge is -2.24. The van der Waals surface area contributed by atoms with E-state index in [1.807, 2.05) is 17.0 Å². The molecule has 0 aromatic heterocycles. The molecule has 0 atom stereocenters. The Morgan fingerprint density at radius 2 is 1.86 bits per heavy atom. The zero-order valence-corrected chi connectivity index (χ0v) is 14.6. The number of nitrogens with one attached hydrogen (secondary N) is 1. The van der Waals surface area contributed by atoms with Crippen LogP contribution in [0, 0.1) is 5.92 Å². The fraction of sp³-hybridized carbons (Fsp3) is 0.562. The van der Waals surface area contributed by atoms with Crippen molar-refractivity contribution < 1.29 is 4.79 Å². The molecule has 1 saturated carbocycles. The largest absolute Gasteiger partial charge is 0.373 e. The van der Waals surface area contributed by atoms with Gasteiger partial charge in [0.25, 0.3) is 0 Å². The lowest BCUT2D eigenvalue weighted by Crippen LogP contribution is -2.39. The van der Waals surface area contributed by atoms with E-state index in [-0.39, 0.29) is 30.7 Å². The van der Waals surface area contributed by atoms with Crippen LogP contribution in [0.25, 0.3) is 0 Å². The Hall–Kier alpha value is -0.970. The van der Waals surface area contributed by atoms with Gasteiger partial charge in [-0.15, -0.1) is 24.8 Å². The van der Waals surface area contributed by atoms with E-state index in [0.717, 1.165) is 43.3 Å². The third-order valence-corrected chi connectivity index (χ3v) is 4.17. The monoisotopic (exact) mass is 345 g/mol. The highest BCUT2D eigenvalue weighted by molar-refractivity contribution is 5.98. The van der Waals surface area contributed by atoms with Gasteiger partial charge < -0.3 is 15.1 Å². The van der Waals surface area contributed by atoms with Crippen molar-refractivity contribution in [2.45, 2.75) is 19.3 Å². The van der Waals surface area contributed by atoms with Crippen molar-refractivity contribution >= 4 is 42.1 Å². The summed E-state index contributed by atoms with van der Waals surface area (Å²) in [6.45, 7) is 3.25. The molecule has 1 fully saturated rings. The van der Waals surface area contributed by atoms with Crippen molar-refractivity contribution in [3.8, 4) is 0 Å². The van der Waals surface area contributed by atoms with Gasteiger partial charge in [0.2, 0.25) is 5.91 Å². The summed E-state index contributed by atoms with van der Waals surface area (Å²) in [4.78, 5) is 16.6. The summed E-state index contributed by atoms with van der Waals surface area (Å²) < 4.78 is 0. The van der Waals surface area contributed by atoms with Gasteiger partial charge in [-0.2, -0.15) is 0 Å². The van der Waals surface area contributed by atoms with Crippen LogP contribution in [0.15, 0.2) is 24.3 Å². The number of fused-ring (bicyclic) bond motifs is 1. The molecule has 1 aliphatic heterocycles. The molecule has 1 heterocycles. The first-order chi connectivity index (χ1) is 9.75. The van der Waals surface area contributed by atoms with Crippen LogP contribution in [-0.4, -0.2) is 39.1 Å². The first-order valence-electron chi connectivity index (χ1n) is 7.57. The summed E-state index contributed by atoms with van der Waals surface area (Å²) >= 11 is 0. The summed E-state index contributed by atoms with van der Waals surface area (Å²) in [5.41, 5.74) is 2.20. The van der Waals surface area contributed by atoms with Crippen LogP contribution in [0.4, 0.5) is 11.4 Å². The van der Waals surface area contributed by atoms with Gasteiger partial charge in [0.1, 0.15) is 0 Å². The van der Waals surface area contributed by atoms with E-state index in [1.165, 1.54) is 12.8 Å². The Balaban J connectivity index is 0.00000121. The number of amides is 1. The molecule has 0 spiro atoms. The molecule has 0 unspecified atom stereocenters. The number of benzene rings is 1.